The topological polar surface area (TPSA) is 0 Å². The molecule has 0 radical (unpaired) electrons. The molecule has 0 spiro atoms. The van der Waals surface area contributed by atoms with E-state index in [0.29, 0.717) is 12.0 Å². The van der Waals surface area contributed by atoms with Crippen LogP contribution in [0.5, 0.6) is 0 Å². The molecule has 90 valence electrons. The summed E-state index contributed by atoms with van der Waals surface area (Å²) in [6, 6.07) is 4.51. The second-order valence-electron chi connectivity index (χ2n) is 3.99. The molecule has 0 nitrogen and oxygen atoms in total. The minimum atomic E-state index is -4.23. The summed E-state index contributed by atoms with van der Waals surface area (Å²) in [4.78, 5) is 0. The van der Waals surface area contributed by atoms with Gasteiger partial charge in [-0.3, -0.25) is 0 Å². The predicted octanol–water partition coefficient (Wildman–Crippen LogP) is 4.61. The summed E-state index contributed by atoms with van der Waals surface area (Å²) in [6.07, 6.45) is -1.20. The molecule has 0 aliphatic carbocycles. The molecule has 1 aromatic rings. The highest BCUT2D eigenvalue weighted by Gasteiger charge is 2.32. The van der Waals surface area contributed by atoms with Gasteiger partial charge < -0.3 is 0 Å². The Morgan fingerprint density at radius 3 is 2.12 bits per heavy atom. The van der Waals surface area contributed by atoms with Crippen molar-refractivity contribution in [2.24, 2.45) is 0 Å². The molecule has 1 aromatic carbocycles. The van der Waals surface area contributed by atoms with Gasteiger partial charge in [-0.2, -0.15) is 13.2 Å². The van der Waals surface area contributed by atoms with E-state index >= 15 is 0 Å². The molecule has 0 aromatic heterocycles. The molecule has 0 bridgehead atoms. The Balaban J connectivity index is 3.09. The summed E-state index contributed by atoms with van der Waals surface area (Å²) in [7, 11) is 0. The summed E-state index contributed by atoms with van der Waals surface area (Å²) in [6.45, 7) is 3.92. The molecule has 3 heteroatoms. The third-order valence-corrected chi connectivity index (χ3v) is 2.53. The molecule has 1 rings (SSSR count). The lowest BCUT2D eigenvalue weighted by molar-refractivity contribution is -0.138. The van der Waals surface area contributed by atoms with Crippen LogP contribution >= 0.6 is 0 Å². The van der Waals surface area contributed by atoms with E-state index in [4.69, 9.17) is 0 Å². The Morgan fingerprint density at radius 1 is 1.00 bits per heavy atom. The SMILES string of the molecule is CCCc1ccc(C(F)(F)F)c(CCC)c1. The molecule has 0 saturated heterocycles. The zero-order valence-electron chi connectivity index (χ0n) is 9.69. The van der Waals surface area contributed by atoms with Gasteiger partial charge >= 0.3 is 6.18 Å². The molecular formula is C13H17F3. The first-order chi connectivity index (χ1) is 7.49. The van der Waals surface area contributed by atoms with Crippen LogP contribution in [0.15, 0.2) is 18.2 Å². The molecule has 0 aliphatic heterocycles. The Hall–Kier alpha value is -0.990. The zero-order valence-corrected chi connectivity index (χ0v) is 9.69. The Kier molecular flexibility index (Phi) is 4.39. The van der Waals surface area contributed by atoms with Gasteiger partial charge in [-0.05, 0) is 30.0 Å². The van der Waals surface area contributed by atoms with Crippen LogP contribution in [0.2, 0.25) is 0 Å². The summed E-state index contributed by atoms with van der Waals surface area (Å²) in [5.41, 5.74) is 0.953. The van der Waals surface area contributed by atoms with Gasteiger partial charge in [-0.25, -0.2) is 0 Å². The van der Waals surface area contributed by atoms with Gasteiger partial charge in [-0.15, -0.1) is 0 Å². The highest BCUT2D eigenvalue weighted by molar-refractivity contribution is 5.34. The second-order valence-corrected chi connectivity index (χ2v) is 3.99. The van der Waals surface area contributed by atoms with Crippen molar-refractivity contribution in [2.75, 3.05) is 0 Å². The van der Waals surface area contributed by atoms with Crippen LogP contribution in [-0.4, -0.2) is 0 Å². The van der Waals surface area contributed by atoms with E-state index < -0.39 is 11.7 Å². The van der Waals surface area contributed by atoms with Crippen LogP contribution in [0, 0.1) is 0 Å². The van der Waals surface area contributed by atoms with E-state index in [2.05, 4.69) is 0 Å². The first-order valence-corrected chi connectivity index (χ1v) is 5.68. The van der Waals surface area contributed by atoms with Crippen LogP contribution in [0.1, 0.15) is 43.4 Å². The highest BCUT2D eigenvalue weighted by Crippen LogP contribution is 2.33. The van der Waals surface area contributed by atoms with Gasteiger partial charge in [-0.1, -0.05) is 38.8 Å². The first-order valence-electron chi connectivity index (χ1n) is 5.68. The highest BCUT2D eigenvalue weighted by atomic mass is 19.4. The Labute approximate surface area is 94.5 Å². The van der Waals surface area contributed by atoms with Gasteiger partial charge in [0, 0.05) is 0 Å². The molecule has 0 amide bonds. The fraction of sp³-hybridized carbons (Fsp3) is 0.538. The van der Waals surface area contributed by atoms with Crippen molar-refractivity contribution in [3.63, 3.8) is 0 Å². The van der Waals surface area contributed by atoms with Gasteiger partial charge in [0.15, 0.2) is 0 Å². The lowest BCUT2D eigenvalue weighted by Gasteiger charge is -2.13. The van der Waals surface area contributed by atoms with E-state index in [1.54, 1.807) is 12.1 Å². The van der Waals surface area contributed by atoms with Crippen molar-refractivity contribution in [1.82, 2.24) is 0 Å². The van der Waals surface area contributed by atoms with Crippen molar-refractivity contribution < 1.29 is 13.2 Å². The lowest BCUT2D eigenvalue weighted by atomic mass is 9.98. The molecule has 0 atom stereocenters. The number of alkyl halides is 3. The minimum Gasteiger partial charge on any atom is -0.166 e. The average molecular weight is 230 g/mol. The van der Waals surface area contributed by atoms with Crippen molar-refractivity contribution in [3.05, 3.63) is 34.9 Å². The lowest BCUT2D eigenvalue weighted by Crippen LogP contribution is -2.09. The zero-order chi connectivity index (χ0) is 12.2. The first kappa shape index (κ1) is 13.1. The van der Waals surface area contributed by atoms with E-state index in [-0.39, 0.29) is 0 Å². The summed E-state index contributed by atoms with van der Waals surface area (Å²) < 4.78 is 38.1. The number of aryl methyl sites for hydroxylation is 2. The average Bonchev–Trinajstić information content (AvgIpc) is 2.17. The number of halogens is 3. The smallest absolute Gasteiger partial charge is 0.166 e. The molecule has 0 aliphatic rings. The standard InChI is InChI=1S/C13H17F3/c1-3-5-10-7-8-12(13(14,15)16)11(9-10)6-4-2/h7-9H,3-6H2,1-2H3. The largest absolute Gasteiger partial charge is 0.416 e. The van der Waals surface area contributed by atoms with Gasteiger partial charge in [0.25, 0.3) is 0 Å². The third-order valence-electron chi connectivity index (χ3n) is 2.53. The summed E-state index contributed by atoms with van der Waals surface area (Å²) in [5.74, 6) is 0. The molecule has 0 fully saturated rings. The Bertz CT molecular complexity index is 340. The van der Waals surface area contributed by atoms with Crippen molar-refractivity contribution >= 4 is 0 Å². The fourth-order valence-corrected chi connectivity index (χ4v) is 1.84. The maximum atomic E-state index is 12.7. The maximum absolute atomic E-state index is 12.7. The van der Waals surface area contributed by atoms with E-state index in [1.807, 2.05) is 13.8 Å². The van der Waals surface area contributed by atoms with Crippen LogP contribution < -0.4 is 0 Å². The number of hydrogen-bond acceptors (Lipinski definition) is 0. The van der Waals surface area contributed by atoms with Crippen LogP contribution in [0.25, 0.3) is 0 Å². The van der Waals surface area contributed by atoms with E-state index in [1.165, 1.54) is 6.07 Å². The Morgan fingerprint density at radius 2 is 1.62 bits per heavy atom. The summed E-state index contributed by atoms with van der Waals surface area (Å²) in [5, 5.41) is 0. The van der Waals surface area contributed by atoms with Gasteiger partial charge in [0.05, 0.1) is 5.56 Å². The normalized spacial score (nSPS) is 11.8. The second kappa shape index (κ2) is 5.37. The van der Waals surface area contributed by atoms with Crippen molar-refractivity contribution in [2.45, 2.75) is 45.7 Å². The monoisotopic (exact) mass is 230 g/mol. The van der Waals surface area contributed by atoms with E-state index in [0.717, 1.165) is 24.8 Å². The number of rotatable bonds is 4. The minimum absolute atomic E-state index is 0.431. The van der Waals surface area contributed by atoms with Crippen LogP contribution in [0.4, 0.5) is 13.2 Å². The molecule has 0 unspecified atom stereocenters. The molecule has 0 heterocycles. The molecule has 0 N–H and O–H groups in total. The molecular weight excluding hydrogens is 213 g/mol. The fourth-order valence-electron chi connectivity index (χ4n) is 1.84. The van der Waals surface area contributed by atoms with Crippen molar-refractivity contribution in [3.8, 4) is 0 Å². The molecule has 0 saturated carbocycles. The molecule has 16 heavy (non-hydrogen) atoms. The van der Waals surface area contributed by atoms with Crippen molar-refractivity contribution in [1.29, 1.82) is 0 Å². The van der Waals surface area contributed by atoms with Gasteiger partial charge in [0.1, 0.15) is 0 Å². The summed E-state index contributed by atoms with van der Waals surface area (Å²) >= 11 is 0. The van der Waals surface area contributed by atoms with Crippen LogP contribution in [0.3, 0.4) is 0 Å². The third kappa shape index (κ3) is 3.26. The van der Waals surface area contributed by atoms with E-state index in [9.17, 15) is 13.2 Å². The number of benzene rings is 1. The van der Waals surface area contributed by atoms with Crippen LogP contribution in [-0.2, 0) is 19.0 Å². The predicted molar refractivity (Wildman–Crippen MR) is 59.4 cm³/mol. The quantitative estimate of drug-likeness (QED) is 0.708. The van der Waals surface area contributed by atoms with Gasteiger partial charge in [0.2, 0.25) is 0 Å². The maximum Gasteiger partial charge on any atom is 0.416 e. The number of hydrogen-bond donors (Lipinski definition) is 0.